The first-order valence-electron chi connectivity index (χ1n) is 8.87. The van der Waals surface area contributed by atoms with Gasteiger partial charge < -0.3 is 15.2 Å². The van der Waals surface area contributed by atoms with Gasteiger partial charge in [0.1, 0.15) is 0 Å². The van der Waals surface area contributed by atoms with Crippen LogP contribution >= 0.6 is 0 Å². The minimum atomic E-state index is 0.296. The van der Waals surface area contributed by atoms with E-state index in [1.807, 2.05) is 0 Å². The van der Waals surface area contributed by atoms with E-state index in [1.54, 1.807) is 0 Å². The highest BCUT2D eigenvalue weighted by Gasteiger charge is 2.09. The van der Waals surface area contributed by atoms with Crippen molar-refractivity contribution >= 4 is 5.96 Å². The second kappa shape index (κ2) is 11.0. The average molecular weight is 323 g/mol. The molecule has 0 radical (unpaired) electrons. The van der Waals surface area contributed by atoms with E-state index in [0.29, 0.717) is 18.2 Å². The Labute approximate surface area is 140 Å². The van der Waals surface area contributed by atoms with Crippen LogP contribution in [-0.4, -0.2) is 35.7 Å². The molecule has 1 rings (SSSR count). The minimum Gasteiger partial charge on any atom is -0.357 e. The van der Waals surface area contributed by atoms with Crippen molar-refractivity contribution in [2.24, 2.45) is 10.9 Å². The lowest BCUT2D eigenvalue weighted by Crippen LogP contribution is -2.38. The minimum absolute atomic E-state index is 0.296. The molecule has 2 N–H and O–H groups in total. The molecule has 0 saturated heterocycles. The number of hydrogen-bond acceptors (Lipinski definition) is 4. The zero-order valence-electron chi connectivity index (χ0n) is 15.4. The fraction of sp³-hybridized carbons (Fsp3) is 0.824. The number of hydrogen-bond donors (Lipinski definition) is 2. The van der Waals surface area contributed by atoms with Crippen LogP contribution in [0.3, 0.4) is 0 Å². The molecule has 132 valence electrons. The number of aliphatic imine (C=N–C) groups is 1. The van der Waals surface area contributed by atoms with Crippen molar-refractivity contribution in [3.8, 4) is 0 Å². The van der Waals surface area contributed by atoms with E-state index in [4.69, 9.17) is 4.52 Å². The van der Waals surface area contributed by atoms with Crippen LogP contribution in [0.2, 0.25) is 0 Å². The fourth-order valence-corrected chi connectivity index (χ4v) is 2.09. The Hall–Kier alpha value is -1.59. The fourth-order valence-electron chi connectivity index (χ4n) is 2.09. The van der Waals surface area contributed by atoms with E-state index < -0.39 is 0 Å². The van der Waals surface area contributed by atoms with E-state index in [2.05, 4.69) is 60.4 Å². The van der Waals surface area contributed by atoms with Crippen molar-refractivity contribution in [3.63, 3.8) is 0 Å². The molecule has 1 aromatic heterocycles. The molecule has 0 aliphatic heterocycles. The summed E-state index contributed by atoms with van der Waals surface area (Å²) >= 11 is 0. The summed E-state index contributed by atoms with van der Waals surface area (Å²) in [6, 6.07) is 0. The zero-order valence-corrected chi connectivity index (χ0v) is 15.4. The Balaban J connectivity index is 2.31. The Morgan fingerprint density at radius 1 is 1.17 bits per heavy atom. The lowest BCUT2D eigenvalue weighted by Gasteiger charge is -2.10. The van der Waals surface area contributed by atoms with Gasteiger partial charge in [0.2, 0.25) is 5.89 Å². The number of rotatable bonds is 10. The summed E-state index contributed by atoms with van der Waals surface area (Å²) in [6.45, 7) is 13.2. The monoisotopic (exact) mass is 323 g/mol. The summed E-state index contributed by atoms with van der Waals surface area (Å²) in [6.07, 6.45) is 4.35. The molecule has 0 unspecified atom stereocenters. The van der Waals surface area contributed by atoms with Crippen molar-refractivity contribution in [1.29, 1.82) is 0 Å². The van der Waals surface area contributed by atoms with Crippen LogP contribution in [0.5, 0.6) is 0 Å². The van der Waals surface area contributed by atoms with Crippen LogP contribution < -0.4 is 10.6 Å². The van der Waals surface area contributed by atoms with Gasteiger partial charge in [-0.25, -0.2) is 0 Å². The summed E-state index contributed by atoms with van der Waals surface area (Å²) < 4.78 is 5.24. The van der Waals surface area contributed by atoms with Gasteiger partial charge in [-0.1, -0.05) is 45.7 Å². The highest BCUT2D eigenvalue weighted by atomic mass is 16.5. The first-order valence-corrected chi connectivity index (χ1v) is 8.87. The number of aromatic nitrogens is 2. The van der Waals surface area contributed by atoms with Crippen molar-refractivity contribution < 1.29 is 4.52 Å². The summed E-state index contributed by atoms with van der Waals surface area (Å²) in [5, 5.41) is 10.6. The molecular weight excluding hydrogens is 290 g/mol. The molecule has 1 aromatic rings. The molecule has 0 fully saturated rings. The normalized spacial score (nSPS) is 12.2. The second-order valence-corrected chi connectivity index (χ2v) is 6.53. The number of unbranched alkanes of at least 4 members (excludes halogenated alkanes) is 1. The van der Waals surface area contributed by atoms with Crippen molar-refractivity contribution in [2.75, 3.05) is 19.6 Å². The van der Waals surface area contributed by atoms with Crippen LogP contribution in [0.4, 0.5) is 0 Å². The quantitative estimate of drug-likeness (QED) is 0.393. The van der Waals surface area contributed by atoms with Crippen molar-refractivity contribution in [2.45, 2.75) is 66.2 Å². The molecule has 0 bridgehead atoms. The predicted octanol–water partition coefficient (Wildman–Crippen LogP) is 3.12. The molecule has 0 aliphatic rings. The largest absolute Gasteiger partial charge is 0.357 e. The van der Waals surface area contributed by atoms with E-state index in [-0.39, 0.29) is 0 Å². The molecule has 0 spiro atoms. The summed E-state index contributed by atoms with van der Waals surface area (Å²) in [4.78, 5) is 8.98. The van der Waals surface area contributed by atoms with Gasteiger partial charge in [0.15, 0.2) is 11.8 Å². The van der Waals surface area contributed by atoms with Crippen LogP contribution in [0.1, 0.15) is 71.5 Å². The molecule has 6 nitrogen and oxygen atoms in total. The average Bonchev–Trinajstić information content (AvgIpc) is 2.95. The van der Waals surface area contributed by atoms with Gasteiger partial charge in [-0.15, -0.1) is 0 Å². The Morgan fingerprint density at radius 2 is 1.96 bits per heavy atom. The van der Waals surface area contributed by atoms with Crippen molar-refractivity contribution in [1.82, 2.24) is 20.8 Å². The Morgan fingerprint density at radius 3 is 2.57 bits per heavy atom. The zero-order chi connectivity index (χ0) is 17.1. The third kappa shape index (κ3) is 8.57. The molecule has 0 atom stereocenters. The highest BCUT2D eigenvalue weighted by molar-refractivity contribution is 5.79. The molecule has 0 aliphatic carbocycles. The van der Waals surface area contributed by atoms with Crippen LogP contribution in [0, 0.1) is 5.92 Å². The summed E-state index contributed by atoms with van der Waals surface area (Å²) in [5.41, 5.74) is 0. The number of nitrogens with zero attached hydrogens (tertiary/aromatic N) is 3. The van der Waals surface area contributed by atoms with E-state index in [9.17, 15) is 0 Å². The van der Waals surface area contributed by atoms with Gasteiger partial charge in [0.25, 0.3) is 0 Å². The van der Waals surface area contributed by atoms with Crippen molar-refractivity contribution in [3.05, 3.63) is 11.7 Å². The smallest absolute Gasteiger partial charge is 0.228 e. The van der Waals surface area contributed by atoms with E-state index in [0.717, 1.165) is 43.8 Å². The van der Waals surface area contributed by atoms with E-state index in [1.165, 1.54) is 12.8 Å². The summed E-state index contributed by atoms with van der Waals surface area (Å²) in [5.74, 6) is 3.38. The highest BCUT2D eigenvalue weighted by Crippen LogP contribution is 2.09. The number of guanidine groups is 1. The number of nitrogens with one attached hydrogen (secondary N) is 2. The Bertz CT molecular complexity index is 454. The summed E-state index contributed by atoms with van der Waals surface area (Å²) in [7, 11) is 0. The van der Waals surface area contributed by atoms with Gasteiger partial charge in [-0.3, -0.25) is 4.99 Å². The maximum Gasteiger partial charge on any atom is 0.228 e. The molecule has 0 saturated carbocycles. The lowest BCUT2D eigenvalue weighted by atomic mass is 10.1. The molecular formula is C17H33N5O. The molecule has 0 amide bonds. The topological polar surface area (TPSA) is 75.3 Å². The van der Waals surface area contributed by atoms with Crippen LogP contribution in [-0.2, 0) is 6.42 Å². The molecule has 6 heteroatoms. The first-order chi connectivity index (χ1) is 11.0. The molecule has 0 aromatic carbocycles. The van der Waals surface area contributed by atoms with Gasteiger partial charge >= 0.3 is 0 Å². The van der Waals surface area contributed by atoms with Gasteiger partial charge in [0.05, 0.1) is 0 Å². The van der Waals surface area contributed by atoms with Gasteiger partial charge in [-0.05, 0) is 19.3 Å². The van der Waals surface area contributed by atoms with E-state index >= 15 is 0 Å². The van der Waals surface area contributed by atoms with Crippen LogP contribution in [0.25, 0.3) is 0 Å². The maximum absolute atomic E-state index is 5.24. The maximum atomic E-state index is 5.24. The predicted molar refractivity (Wildman–Crippen MR) is 94.8 cm³/mol. The Kier molecular flexibility index (Phi) is 9.33. The molecule has 23 heavy (non-hydrogen) atoms. The lowest BCUT2D eigenvalue weighted by molar-refractivity contribution is 0.371. The molecule has 1 heterocycles. The second-order valence-electron chi connectivity index (χ2n) is 6.53. The van der Waals surface area contributed by atoms with Gasteiger partial charge in [0, 0.05) is 32.0 Å². The third-order valence-corrected chi connectivity index (χ3v) is 3.44. The standard InChI is InChI=1S/C17H33N5O/c1-6-18-17(19-11-8-7-9-13(2)3)20-12-10-15-21-16(14(4)5)22-23-15/h13-14H,6-12H2,1-5H3,(H2,18,19,20). The first kappa shape index (κ1) is 19.5. The van der Waals surface area contributed by atoms with Crippen LogP contribution in [0.15, 0.2) is 9.52 Å². The van der Waals surface area contributed by atoms with Gasteiger partial charge in [-0.2, -0.15) is 4.98 Å². The SMILES string of the molecule is CCNC(=NCCCCC(C)C)NCCc1nc(C(C)C)no1. The third-order valence-electron chi connectivity index (χ3n) is 3.44.